The highest BCUT2D eigenvalue weighted by Gasteiger charge is 2.18. The van der Waals surface area contributed by atoms with Gasteiger partial charge in [0.15, 0.2) is 5.82 Å². The van der Waals surface area contributed by atoms with E-state index in [1.54, 1.807) is 12.3 Å². The highest BCUT2D eigenvalue weighted by atomic mass is 35.5. The third-order valence-corrected chi connectivity index (χ3v) is 3.91. The fraction of sp³-hybridized carbons (Fsp3) is 0.643. The van der Waals surface area contributed by atoms with Crippen molar-refractivity contribution in [2.75, 3.05) is 23.7 Å². The molecule has 1 aromatic heterocycles. The van der Waals surface area contributed by atoms with Gasteiger partial charge in [-0.2, -0.15) is 0 Å². The standard InChI is InChI=1S/C14H22ClN3/c1-2-4-11-5-3-7-18(8-6-11)14-13(16)9-12(15)10-17-14/h9-11H,2-8,16H2,1H3. The zero-order valence-corrected chi connectivity index (χ0v) is 11.8. The van der Waals surface area contributed by atoms with E-state index in [0.717, 1.165) is 24.8 Å². The number of anilines is 2. The van der Waals surface area contributed by atoms with Gasteiger partial charge in [-0.05, 0) is 31.2 Å². The number of hydrogen-bond acceptors (Lipinski definition) is 3. The van der Waals surface area contributed by atoms with Crippen molar-refractivity contribution in [3.63, 3.8) is 0 Å². The molecule has 0 radical (unpaired) electrons. The van der Waals surface area contributed by atoms with Crippen LogP contribution in [0.1, 0.15) is 39.0 Å². The fourth-order valence-corrected chi connectivity index (χ4v) is 2.95. The third kappa shape index (κ3) is 3.29. The van der Waals surface area contributed by atoms with Gasteiger partial charge in [0.2, 0.25) is 0 Å². The van der Waals surface area contributed by atoms with E-state index in [9.17, 15) is 0 Å². The Morgan fingerprint density at radius 3 is 3.00 bits per heavy atom. The van der Waals surface area contributed by atoms with Crippen LogP contribution < -0.4 is 10.6 Å². The van der Waals surface area contributed by atoms with Crippen LogP contribution in [0.3, 0.4) is 0 Å². The van der Waals surface area contributed by atoms with Crippen molar-refractivity contribution in [2.24, 2.45) is 5.92 Å². The summed E-state index contributed by atoms with van der Waals surface area (Å²) < 4.78 is 0. The molecule has 1 unspecified atom stereocenters. The summed E-state index contributed by atoms with van der Waals surface area (Å²) in [4.78, 5) is 6.69. The fourth-order valence-electron chi connectivity index (χ4n) is 2.79. The van der Waals surface area contributed by atoms with E-state index in [1.807, 2.05) is 0 Å². The predicted octanol–water partition coefficient (Wildman–Crippen LogP) is 3.72. The monoisotopic (exact) mass is 267 g/mol. The van der Waals surface area contributed by atoms with Gasteiger partial charge in [0, 0.05) is 19.3 Å². The Bertz CT molecular complexity index is 395. The summed E-state index contributed by atoms with van der Waals surface area (Å²) in [6.45, 7) is 4.38. The number of rotatable bonds is 3. The zero-order valence-electron chi connectivity index (χ0n) is 11.0. The number of hydrogen-bond donors (Lipinski definition) is 1. The number of nitrogens with zero attached hydrogens (tertiary/aromatic N) is 2. The summed E-state index contributed by atoms with van der Waals surface area (Å²) >= 11 is 5.89. The molecular weight excluding hydrogens is 246 g/mol. The van der Waals surface area contributed by atoms with Crippen molar-refractivity contribution in [3.8, 4) is 0 Å². The quantitative estimate of drug-likeness (QED) is 0.908. The van der Waals surface area contributed by atoms with Crippen molar-refractivity contribution in [2.45, 2.75) is 39.0 Å². The molecule has 1 fully saturated rings. The Kier molecular flexibility index (Phi) is 4.70. The van der Waals surface area contributed by atoms with Gasteiger partial charge in [0.1, 0.15) is 0 Å². The first-order chi connectivity index (χ1) is 8.70. The number of nitrogens with two attached hydrogens (primary N) is 1. The van der Waals surface area contributed by atoms with E-state index < -0.39 is 0 Å². The number of nitrogen functional groups attached to an aromatic ring is 1. The van der Waals surface area contributed by atoms with Gasteiger partial charge in [-0.1, -0.05) is 31.4 Å². The summed E-state index contributed by atoms with van der Waals surface area (Å²) in [5.41, 5.74) is 6.70. The highest BCUT2D eigenvalue weighted by Crippen LogP contribution is 2.28. The molecule has 1 aromatic rings. The molecule has 1 atom stereocenters. The number of halogens is 1. The third-order valence-electron chi connectivity index (χ3n) is 3.71. The summed E-state index contributed by atoms with van der Waals surface area (Å²) in [7, 11) is 0. The van der Waals surface area contributed by atoms with E-state index in [-0.39, 0.29) is 0 Å². The lowest BCUT2D eigenvalue weighted by atomic mass is 9.96. The normalized spacial score (nSPS) is 20.8. The molecule has 2 N–H and O–H groups in total. The van der Waals surface area contributed by atoms with Crippen LogP contribution in [0.2, 0.25) is 5.02 Å². The maximum Gasteiger partial charge on any atom is 0.151 e. The molecule has 0 aliphatic carbocycles. The minimum absolute atomic E-state index is 0.606. The average Bonchev–Trinajstić information content (AvgIpc) is 2.55. The molecule has 1 aliphatic heterocycles. The van der Waals surface area contributed by atoms with Gasteiger partial charge in [-0.25, -0.2) is 4.98 Å². The Hall–Kier alpha value is -0.960. The van der Waals surface area contributed by atoms with Gasteiger partial charge in [0.05, 0.1) is 10.7 Å². The molecule has 0 spiro atoms. The molecule has 2 rings (SSSR count). The SMILES string of the molecule is CCCC1CCCN(c2ncc(Cl)cc2N)CC1. The minimum atomic E-state index is 0.606. The molecule has 0 aromatic carbocycles. The van der Waals surface area contributed by atoms with E-state index in [4.69, 9.17) is 17.3 Å². The molecule has 18 heavy (non-hydrogen) atoms. The van der Waals surface area contributed by atoms with Crippen molar-refractivity contribution >= 4 is 23.1 Å². The minimum Gasteiger partial charge on any atom is -0.396 e. The van der Waals surface area contributed by atoms with Crippen LogP contribution in [0.4, 0.5) is 11.5 Å². The van der Waals surface area contributed by atoms with Crippen LogP contribution in [0.25, 0.3) is 0 Å². The molecule has 3 nitrogen and oxygen atoms in total. The average molecular weight is 268 g/mol. The molecular formula is C14H22ClN3. The smallest absolute Gasteiger partial charge is 0.151 e. The van der Waals surface area contributed by atoms with Gasteiger partial charge in [-0.15, -0.1) is 0 Å². The summed E-state index contributed by atoms with van der Waals surface area (Å²) in [6, 6.07) is 1.79. The molecule has 4 heteroatoms. The second-order valence-electron chi connectivity index (χ2n) is 5.14. The van der Waals surface area contributed by atoms with Crippen LogP contribution in [-0.2, 0) is 0 Å². The predicted molar refractivity (Wildman–Crippen MR) is 78.1 cm³/mol. The lowest BCUT2D eigenvalue weighted by Crippen LogP contribution is -2.26. The van der Waals surface area contributed by atoms with Crippen LogP contribution >= 0.6 is 11.6 Å². The molecule has 100 valence electrons. The Labute approximate surface area is 114 Å². The molecule has 1 aliphatic rings. The van der Waals surface area contributed by atoms with E-state index in [0.29, 0.717) is 10.7 Å². The van der Waals surface area contributed by atoms with Gasteiger partial charge in [-0.3, -0.25) is 0 Å². The molecule has 0 saturated carbocycles. The van der Waals surface area contributed by atoms with Crippen LogP contribution in [-0.4, -0.2) is 18.1 Å². The summed E-state index contributed by atoms with van der Waals surface area (Å²) in [6.07, 6.45) is 8.12. The second-order valence-corrected chi connectivity index (χ2v) is 5.58. The molecule has 0 amide bonds. The van der Waals surface area contributed by atoms with Gasteiger partial charge >= 0.3 is 0 Å². The summed E-state index contributed by atoms with van der Waals surface area (Å²) in [5, 5.41) is 0.606. The zero-order chi connectivity index (χ0) is 13.0. The van der Waals surface area contributed by atoms with Crippen LogP contribution in [0.5, 0.6) is 0 Å². The molecule has 2 heterocycles. The topological polar surface area (TPSA) is 42.2 Å². The van der Waals surface area contributed by atoms with Crippen molar-refractivity contribution in [3.05, 3.63) is 17.3 Å². The second kappa shape index (κ2) is 6.28. The van der Waals surface area contributed by atoms with Gasteiger partial charge < -0.3 is 10.6 Å². The largest absolute Gasteiger partial charge is 0.396 e. The Balaban J connectivity index is 2.05. The van der Waals surface area contributed by atoms with Crippen LogP contribution in [0.15, 0.2) is 12.3 Å². The van der Waals surface area contributed by atoms with E-state index >= 15 is 0 Å². The highest BCUT2D eigenvalue weighted by molar-refractivity contribution is 6.30. The number of pyridine rings is 1. The first-order valence-corrected chi connectivity index (χ1v) is 7.24. The Morgan fingerprint density at radius 2 is 2.28 bits per heavy atom. The maximum absolute atomic E-state index is 6.01. The first kappa shape index (κ1) is 13.5. The summed E-state index contributed by atoms with van der Waals surface area (Å²) in [5.74, 6) is 1.77. The van der Waals surface area contributed by atoms with Gasteiger partial charge in [0.25, 0.3) is 0 Å². The first-order valence-electron chi connectivity index (χ1n) is 6.86. The lowest BCUT2D eigenvalue weighted by Gasteiger charge is -2.23. The van der Waals surface area contributed by atoms with E-state index in [2.05, 4.69) is 16.8 Å². The van der Waals surface area contributed by atoms with Crippen molar-refractivity contribution in [1.29, 1.82) is 0 Å². The molecule has 1 saturated heterocycles. The molecule has 0 bridgehead atoms. The lowest BCUT2D eigenvalue weighted by molar-refractivity contribution is 0.435. The van der Waals surface area contributed by atoms with Crippen LogP contribution in [0, 0.1) is 5.92 Å². The van der Waals surface area contributed by atoms with E-state index in [1.165, 1.54) is 32.1 Å². The van der Waals surface area contributed by atoms with Crippen molar-refractivity contribution < 1.29 is 0 Å². The Morgan fingerprint density at radius 1 is 1.44 bits per heavy atom. The maximum atomic E-state index is 6.01. The number of aromatic nitrogens is 1. The van der Waals surface area contributed by atoms with Crippen molar-refractivity contribution in [1.82, 2.24) is 4.98 Å².